The molecule has 1 saturated heterocycles. The number of aryl methyl sites for hydroxylation is 1. The minimum Gasteiger partial charge on any atom is -0.496 e. The van der Waals surface area contributed by atoms with Crippen LogP contribution in [0.3, 0.4) is 0 Å². The van der Waals surface area contributed by atoms with Gasteiger partial charge in [0, 0.05) is 31.9 Å². The first-order valence-corrected chi connectivity index (χ1v) is 12.1. The van der Waals surface area contributed by atoms with Crippen LogP contribution >= 0.6 is 0 Å². The zero-order valence-corrected chi connectivity index (χ0v) is 18.8. The van der Waals surface area contributed by atoms with Crippen LogP contribution in [0.2, 0.25) is 0 Å². The smallest absolute Gasteiger partial charge is 0.240 e. The summed E-state index contributed by atoms with van der Waals surface area (Å²) in [6, 6.07) is 11.6. The van der Waals surface area contributed by atoms with Crippen LogP contribution in [0, 0.1) is 6.92 Å². The maximum Gasteiger partial charge on any atom is 0.240 e. The fraction of sp³-hybridized carbons (Fsp3) is 0.478. The van der Waals surface area contributed by atoms with Crippen molar-refractivity contribution in [2.45, 2.75) is 37.1 Å². The maximum atomic E-state index is 13.0. The standard InChI is InChI=1S/C23H31N3O3S/c1-17-14-20(7-9-23(17)29-3)30(27,28)24-16-22(26-11-4-5-12-26)18-6-8-21-19(15-18)10-13-25(21)2/h6-9,14-15,22,24H,4-5,10-13,16H2,1-3H3/t22-/m0/s1. The molecule has 7 heteroatoms. The summed E-state index contributed by atoms with van der Waals surface area (Å²) in [5.41, 5.74) is 4.64. The highest BCUT2D eigenvalue weighted by Crippen LogP contribution is 2.32. The van der Waals surface area contributed by atoms with E-state index in [2.05, 4.69) is 39.8 Å². The summed E-state index contributed by atoms with van der Waals surface area (Å²) >= 11 is 0. The minimum atomic E-state index is -3.60. The molecule has 0 aromatic heterocycles. The van der Waals surface area contributed by atoms with Crippen LogP contribution in [-0.2, 0) is 16.4 Å². The van der Waals surface area contributed by atoms with Gasteiger partial charge in [-0.2, -0.15) is 0 Å². The number of likely N-dealkylation sites (N-methyl/N-ethyl adjacent to an activating group) is 1. The van der Waals surface area contributed by atoms with Gasteiger partial charge in [-0.05, 0) is 80.2 Å². The highest BCUT2D eigenvalue weighted by Gasteiger charge is 2.27. The number of anilines is 1. The van der Waals surface area contributed by atoms with E-state index in [1.54, 1.807) is 25.3 Å². The van der Waals surface area contributed by atoms with Gasteiger partial charge in [0.25, 0.3) is 0 Å². The van der Waals surface area contributed by atoms with Gasteiger partial charge in [0.2, 0.25) is 10.0 Å². The molecule has 0 aliphatic carbocycles. The molecule has 1 fully saturated rings. The molecule has 2 aromatic carbocycles. The molecule has 2 heterocycles. The molecular formula is C23H31N3O3S. The molecule has 0 unspecified atom stereocenters. The Morgan fingerprint density at radius 1 is 1.10 bits per heavy atom. The minimum absolute atomic E-state index is 0.0397. The molecule has 0 amide bonds. The second kappa shape index (κ2) is 8.57. The highest BCUT2D eigenvalue weighted by molar-refractivity contribution is 7.89. The molecule has 0 bridgehead atoms. The molecule has 1 atom stereocenters. The first kappa shape index (κ1) is 21.2. The van der Waals surface area contributed by atoms with E-state index in [0.29, 0.717) is 12.3 Å². The Kier molecular flexibility index (Phi) is 6.04. The van der Waals surface area contributed by atoms with Gasteiger partial charge < -0.3 is 9.64 Å². The van der Waals surface area contributed by atoms with Crippen molar-refractivity contribution >= 4 is 15.7 Å². The van der Waals surface area contributed by atoms with Crippen molar-refractivity contribution < 1.29 is 13.2 Å². The molecule has 2 aromatic rings. The van der Waals surface area contributed by atoms with Gasteiger partial charge in [0.05, 0.1) is 12.0 Å². The predicted molar refractivity (Wildman–Crippen MR) is 120 cm³/mol. The average Bonchev–Trinajstić information content (AvgIpc) is 3.38. The summed E-state index contributed by atoms with van der Waals surface area (Å²) in [6.45, 7) is 5.27. The van der Waals surface area contributed by atoms with Crippen molar-refractivity contribution in [2.24, 2.45) is 0 Å². The van der Waals surface area contributed by atoms with Crippen LogP contribution in [0.4, 0.5) is 5.69 Å². The van der Waals surface area contributed by atoms with E-state index in [1.165, 1.54) is 16.8 Å². The summed E-state index contributed by atoms with van der Waals surface area (Å²) in [7, 11) is 0.105. The fourth-order valence-electron chi connectivity index (χ4n) is 4.60. The van der Waals surface area contributed by atoms with E-state index in [1.807, 2.05) is 6.92 Å². The number of ether oxygens (including phenoxy) is 1. The maximum absolute atomic E-state index is 13.0. The van der Waals surface area contributed by atoms with Gasteiger partial charge in [-0.25, -0.2) is 13.1 Å². The van der Waals surface area contributed by atoms with E-state index in [0.717, 1.165) is 44.5 Å². The number of methoxy groups -OCH3 is 1. The van der Waals surface area contributed by atoms with Crippen LogP contribution in [0.15, 0.2) is 41.3 Å². The van der Waals surface area contributed by atoms with Crippen molar-refractivity contribution in [3.63, 3.8) is 0 Å². The van der Waals surface area contributed by atoms with Crippen molar-refractivity contribution in [3.05, 3.63) is 53.1 Å². The lowest BCUT2D eigenvalue weighted by molar-refractivity contribution is 0.246. The second-order valence-electron chi connectivity index (χ2n) is 8.30. The molecule has 162 valence electrons. The number of sulfonamides is 1. The van der Waals surface area contributed by atoms with Gasteiger partial charge in [0.15, 0.2) is 0 Å². The second-order valence-corrected chi connectivity index (χ2v) is 10.1. The van der Waals surface area contributed by atoms with Crippen LogP contribution in [0.1, 0.15) is 35.6 Å². The molecule has 0 saturated carbocycles. The third-order valence-electron chi connectivity index (χ3n) is 6.34. The lowest BCUT2D eigenvalue weighted by Crippen LogP contribution is -2.36. The predicted octanol–water partition coefficient (Wildman–Crippen LogP) is 3.11. The normalized spacial score (nSPS) is 17.9. The topological polar surface area (TPSA) is 61.9 Å². The molecule has 2 aliphatic heterocycles. The van der Waals surface area contributed by atoms with E-state index in [9.17, 15) is 8.42 Å². The van der Waals surface area contributed by atoms with Gasteiger partial charge in [0.1, 0.15) is 5.75 Å². The number of rotatable bonds is 7. The zero-order chi connectivity index (χ0) is 21.3. The third kappa shape index (κ3) is 4.19. The largest absolute Gasteiger partial charge is 0.496 e. The number of fused-ring (bicyclic) bond motifs is 1. The Labute approximate surface area is 179 Å². The van der Waals surface area contributed by atoms with Crippen LogP contribution < -0.4 is 14.4 Å². The molecule has 0 spiro atoms. The average molecular weight is 430 g/mol. The Hall–Kier alpha value is -2.09. The van der Waals surface area contributed by atoms with Gasteiger partial charge >= 0.3 is 0 Å². The Morgan fingerprint density at radius 3 is 2.57 bits per heavy atom. The number of hydrogen-bond donors (Lipinski definition) is 1. The Balaban J connectivity index is 1.56. The quantitative estimate of drug-likeness (QED) is 0.733. The fourth-order valence-corrected chi connectivity index (χ4v) is 5.72. The molecule has 2 aliphatic rings. The summed E-state index contributed by atoms with van der Waals surface area (Å²) in [6.07, 6.45) is 3.37. The summed E-state index contributed by atoms with van der Waals surface area (Å²) in [5.74, 6) is 0.687. The first-order chi connectivity index (χ1) is 14.4. The van der Waals surface area contributed by atoms with Gasteiger partial charge in [-0.1, -0.05) is 12.1 Å². The Bertz CT molecular complexity index is 1020. The first-order valence-electron chi connectivity index (χ1n) is 10.6. The van der Waals surface area contributed by atoms with Crippen LogP contribution in [0.5, 0.6) is 5.75 Å². The summed E-state index contributed by atoms with van der Waals surface area (Å²) < 4.78 is 34.1. The van der Waals surface area contributed by atoms with Crippen molar-refractivity contribution in [3.8, 4) is 5.75 Å². The monoisotopic (exact) mass is 429 g/mol. The highest BCUT2D eigenvalue weighted by atomic mass is 32.2. The molecule has 1 N–H and O–H groups in total. The number of nitrogens with zero attached hydrogens (tertiary/aromatic N) is 2. The third-order valence-corrected chi connectivity index (χ3v) is 7.76. The van der Waals surface area contributed by atoms with Crippen molar-refractivity contribution in [1.82, 2.24) is 9.62 Å². The molecule has 4 rings (SSSR count). The summed E-state index contributed by atoms with van der Waals surface area (Å²) in [4.78, 5) is 4.96. The SMILES string of the molecule is COc1ccc(S(=O)(=O)NC[C@@H](c2ccc3c(c2)CCN3C)N2CCCC2)cc1C. The molecule has 6 nitrogen and oxygen atoms in total. The van der Waals surface area contributed by atoms with Crippen LogP contribution in [0.25, 0.3) is 0 Å². The number of benzene rings is 2. The lowest BCUT2D eigenvalue weighted by atomic mass is 10.0. The van der Waals surface area contributed by atoms with Crippen molar-refractivity contribution in [1.29, 1.82) is 0 Å². The number of likely N-dealkylation sites (tertiary alicyclic amines) is 1. The number of hydrogen-bond acceptors (Lipinski definition) is 5. The zero-order valence-electron chi connectivity index (χ0n) is 18.0. The lowest BCUT2D eigenvalue weighted by Gasteiger charge is -2.29. The molecule has 30 heavy (non-hydrogen) atoms. The Morgan fingerprint density at radius 2 is 1.87 bits per heavy atom. The van der Waals surface area contributed by atoms with E-state index >= 15 is 0 Å². The van der Waals surface area contributed by atoms with Gasteiger partial charge in [-0.3, -0.25) is 4.90 Å². The van der Waals surface area contributed by atoms with Crippen molar-refractivity contribution in [2.75, 3.05) is 45.2 Å². The molecule has 0 radical (unpaired) electrons. The van der Waals surface area contributed by atoms with Crippen LogP contribution in [-0.4, -0.2) is 53.7 Å². The van der Waals surface area contributed by atoms with E-state index in [-0.39, 0.29) is 10.9 Å². The summed E-state index contributed by atoms with van der Waals surface area (Å²) in [5, 5.41) is 0. The number of nitrogens with one attached hydrogen (secondary N) is 1. The van der Waals surface area contributed by atoms with Gasteiger partial charge in [-0.15, -0.1) is 0 Å². The van der Waals surface area contributed by atoms with E-state index in [4.69, 9.17) is 4.74 Å². The van der Waals surface area contributed by atoms with E-state index < -0.39 is 10.0 Å². The molecular weight excluding hydrogens is 398 g/mol.